The quantitative estimate of drug-likeness (QED) is 0.754. The van der Waals surface area contributed by atoms with Gasteiger partial charge in [-0.05, 0) is 69.2 Å². The summed E-state index contributed by atoms with van der Waals surface area (Å²) < 4.78 is 39.9. The van der Waals surface area contributed by atoms with Crippen molar-refractivity contribution >= 4 is 15.9 Å². The molecule has 0 radical (unpaired) electrons. The van der Waals surface area contributed by atoms with E-state index < -0.39 is 15.8 Å². The Kier molecular flexibility index (Phi) is 6.65. The van der Waals surface area contributed by atoms with Crippen LogP contribution in [0.5, 0.6) is 0 Å². The van der Waals surface area contributed by atoms with Gasteiger partial charge < -0.3 is 5.32 Å². The highest BCUT2D eigenvalue weighted by molar-refractivity contribution is 7.89. The molecule has 0 saturated carbocycles. The number of carbonyl (C=O) groups excluding carboxylic acids is 1. The minimum absolute atomic E-state index is 0.0641. The molecule has 27 heavy (non-hydrogen) atoms. The monoisotopic (exact) mass is 394 g/mol. The van der Waals surface area contributed by atoms with E-state index in [1.165, 1.54) is 34.9 Å². The van der Waals surface area contributed by atoms with Crippen LogP contribution in [0.2, 0.25) is 0 Å². The molecule has 1 atom stereocenters. The number of nitrogens with zero attached hydrogens (tertiary/aromatic N) is 1. The van der Waals surface area contributed by atoms with Crippen molar-refractivity contribution in [3.8, 4) is 0 Å². The van der Waals surface area contributed by atoms with Gasteiger partial charge in [0.05, 0.1) is 10.8 Å². The highest BCUT2D eigenvalue weighted by Gasteiger charge is 2.33. The van der Waals surface area contributed by atoms with E-state index in [0.717, 1.165) is 31.4 Å². The number of hydrogen-bond donors (Lipinski definition) is 1. The van der Waals surface area contributed by atoms with E-state index in [0.29, 0.717) is 25.9 Å². The van der Waals surface area contributed by atoms with Crippen molar-refractivity contribution < 1.29 is 17.6 Å². The molecule has 2 aliphatic rings. The fraction of sp³-hybridized carbons (Fsp3) is 0.550. The van der Waals surface area contributed by atoms with E-state index in [4.69, 9.17) is 0 Å². The van der Waals surface area contributed by atoms with Gasteiger partial charge in [0.2, 0.25) is 15.9 Å². The maximum absolute atomic E-state index is 13.1. The maximum Gasteiger partial charge on any atom is 0.243 e. The lowest BCUT2D eigenvalue weighted by atomic mass is 9.96. The van der Waals surface area contributed by atoms with Gasteiger partial charge in [-0.25, -0.2) is 12.8 Å². The fourth-order valence-electron chi connectivity index (χ4n) is 3.75. The van der Waals surface area contributed by atoms with Crippen molar-refractivity contribution in [3.63, 3.8) is 0 Å². The molecular weight excluding hydrogens is 367 g/mol. The summed E-state index contributed by atoms with van der Waals surface area (Å²) in [5.41, 5.74) is 1.41. The molecule has 3 rings (SSSR count). The van der Waals surface area contributed by atoms with Gasteiger partial charge in [-0.3, -0.25) is 4.79 Å². The maximum atomic E-state index is 13.1. The Morgan fingerprint density at radius 2 is 1.96 bits per heavy atom. The molecule has 1 fully saturated rings. The molecule has 0 aromatic heterocycles. The van der Waals surface area contributed by atoms with E-state index in [1.807, 2.05) is 0 Å². The normalized spacial score (nSPS) is 21.5. The first-order chi connectivity index (χ1) is 13.0. The Labute approximate surface area is 160 Å². The van der Waals surface area contributed by atoms with Gasteiger partial charge in [0.25, 0.3) is 0 Å². The number of rotatable bonds is 6. The van der Waals surface area contributed by atoms with Gasteiger partial charge in [-0.1, -0.05) is 11.6 Å². The first-order valence-electron chi connectivity index (χ1n) is 9.68. The van der Waals surface area contributed by atoms with Crippen molar-refractivity contribution in [1.29, 1.82) is 0 Å². The van der Waals surface area contributed by atoms with E-state index in [2.05, 4.69) is 11.4 Å². The minimum Gasteiger partial charge on any atom is -0.356 e. The highest BCUT2D eigenvalue weighted by Crippen LogP contribution is 2.24. The number of benzene rings is 1. The second kappa shape index (κ2) is 8.97. The molecule has 1 saturated heterocycles. The molecule has 1 N–H and O–H groups in total. The van der Waals surface area contributed by atoms with Crippen LogP contribution >= 0.6 is 0 Å². The number of amides is 1. The molecule has 1 heterocycles. The molecule has 7 heteroatoms. The van der Waals surface area contributed by atoms with E-state index in [9.17, 15) is 17.6 Å². The van der Waals surface area contributed by atoms with E-state index >= 15 is 0 Å². The highest BCUT2D eigenvalue weighted by atomic mass is 32.2. The standard InChI is InChI=1S/C20H27FN2O3S/c21-18-8-10-19(11-9-18)27(25,26)23-14-4-7-17(15-23)20(24)22-13-12-16-5-2-1-3-6-16/h5,8-11,17H,1-4,6-7,12-15H2,(H,22,24)/t17-/m1/s1. The average Bonchev–Trinajstić information content (AvgIpc) is 2.69. The molecule has 5 nitrogen and oxygen atoms in total. The van der Waals surface area contributed by atoms with E-state index in [1.54, 1.807) is 0 Å². The predicted octanol–water partition coefficient (Wildman–Crippen LogP) is 3.23. The summed E-state index contributed by atoms with van der Waals surface area (Å²) in [6.45, 7) is 1.16. The van der Waals surface area contributed by atoms with Crippen LogP contribution in [-0.2, 0) is 14.8 Å². The number of allylic oxidation sites excluding steroid dienone is 1. The molecule has 1 aliphatic carbocycles. The van der Waals surface area contributed by atoms with Crippen molar-refractivity contribution in [3.05, 3.63) is 41.7 Å². The Hall–Kier alpha value is -1.73. The van der Waals surface area contributed by atoms with Gasteiger partial charge in [0, 0.05) is 19.6 Å². The molecule has 1 aliphatic heterocycles. The summed E-state index contributed by atoms with van der Waals surface area (Å²) in [5, 5.41) is 2.97. The summed E-state index contributed by atoms with van der Waals surface area (Å²) >= 11 is 0. The molecule has 1 aromatic rings. The van der Waals surface area contributed by atoms with Crippen LogP contribution in [0.3, 0.4) is 0 Å². The van der Waals surface area contributed by atoms with Gasteiger partial charge >= 0.3 is 0 Å². The predicted molar refractivity (Wildman–Crippen MR) is 102 cm³/mol. The van der Waals surface area contributed by atoms with Crippen molar-refractivity contribution in [1.82, 2.24) is 9.62 Å². The zero-order valence-electron chi connectivity index (χ0n) is 15.5. The van der Waals surface area contributed by atoms with Crippen molar-refractivity contribution in [2.24, 2.45) is 5.92 Å². The Bertz CT molecular complexity index is 790. The molecule has 1 amide bonds. The Morgan fingerprint density at radius 3 is 2.67 bits per heavy atom. The third-order valence-electron chi connectivity index (χ3n) is 5.34. The molecule has 0 bridgehead atoms. The number of piperidine rings is 1. The number of carbonyl (C=O) groups is 1. The second-order valence-electron chi connectivity index (χ2n) is 7.31. The van der Waals surface area contributed by atoms with Crippen LogP contribution in [-0.4, -0.2) is 38.3 Å². The van der Waals surface area contributed by atoms with Crippen molar-refractivity contribution in [2.45, 2.75) is 49.8 Å². The van der Waals surface area contributed by atoms with Crippen LogP contribution in [0, 0.1) is 11.7 Å². The molecular formula is C20H27FN2O3S. The van der Waals surface area contributed by atoms with Crippen LogP contribution in [0.4, 0.5) is 4.39 Å². The van der Waals surface area contributed by atoms with Gasteiger partial charge in [0.15, 0.2) is 0 Å². The Balaban J connectivity index is 1.55. The Morgan fingerprint density at radius 1 is 1.19 bits per heavy atom. The number of halogens is 1. The topological polar surface area (TPSA) is 66.5 Å². The zero-order valence-corrected chi connectivity index (χ0v) is 16.3. The SMILES string of the molecule is O=C(NCCC1=CCCCC1)[C@@H]1CCCN(S(=O)(=O)c2ccc(F)cc2)C1. The number of hydrogen-bond acceptors (Lipinski definition) is 3. The number of sulfonamides is 1. The van der Waals surface area contributed by atoms with Gasteiger partial charge in [0.1, 0.15) is 5.82 Å². The zero-order chi connectivity index (χ0) is 19.3. The number of nitrogens with one attached hydrogen (secondary N) is 1. The summed E-state index contributed by atoms with van der Waals surface area (Å²) in [7, 11) is -3.71. The van der Waals surface area contributed by atoms with Crippen LogP contribution in [0.25, 0.3) is 0 Å². The lowest BCUT2D eigenvalue weighted by Crippen LogP contribution is -2.45. The minimum atomic E-state index is -3.71. The molecule has 0 unspecified atom stereocenters. The summed E-state index contributed by atoms with van der Waals surface area (Å²) in [6, 6.07) is 4.82. The van der Waals surface area contributed by atoms with E-state index in [-0.39, 0.29) is 23.3 Å². The van der Waals surface area contributed by atoms with Gasteiger partial charge in [-0.15, -0.1) is 0 Å². The summed E-state index contributed by atoms with van der Waals surface area (Å²) in [5.74, 6) is -0.891. The lowest BCUT2D eigenvalue weighted by molar-refractivity contribution is -0.126. The largest absolute Gasteiger partial charge is 0.356 e. The molecule has 148 valence electrons. The van der Waals surface area contributed by atoms with Crippen molar-refractivity contribution in [2.75, 3.05) is 19.6 Å². The second-order valence-corrected chi connectivity index (χ2v) is 9.24. The van der Waals surface area contributed by atoms with Crippen LogP contribution in [0.15, 0.2) is 40.8 Å². The molecule has 1 aromatic carbocycles. The summed E-state index contributed by atoms with van der Waals surface area (Å²) in [4.78, 5) is 12.6. The van der Waals surface area contributed by atoms with Crippen LogP contribution in [0.1, 0.15) is 44.9 Å². The third-order valence-corrected chi connectivity index (χ3v) is 7.22. The molecule has 0 spiro atoms. The smallest absolute Gasteiger partial charge is 0.243 e. The van der Waals surface area contributed by atoms with Gasteiger partial charge in [-0.2, -0.15) is 4.31 Å². The van der Waals surface area contributed by atoms with Crippen LogP contribution < -0.4 is 5.32 Å². The first kappa shape index (κ1) is 20.0. The lowest BCUT2D eigenvalue weighted by Gasteiger charge is -2.31. The fourth-order valence-corrected chi connectivity index (χ4v) is 5.28. The summed E-state index contributed by atoms with van der Waals surface area (Å²) in [6.07, 6.45) is 9.18. The third kappa shape index (κ3) is 5.17. The first-order valence-corrected chi connectivity index (χ1v) is 11.1. The average molecular weight is 395 g/mol.